The van der Waals surface area contributed by atoms with Crippen LogP contribution in [0.25, 0.3) is 10.9 Å². The van der Waals surface area contributed by atoms with Crippen molar-refractivity contribution < 1.29 is 0 Å². The van der Waals surface area contributed by atoms with E-state index >= 15 is 0 Å². The fraction of sp³-hybridized carbons (Fsp3) is 0.273. The number of rotatable bonds is 2. The van der Waals surface area contributed by atoms with E-state index in [9.17, 15) is 0 Å². The molecule has 15 heavy (non-hydrogen) atoms. The highest BCUT2D eigenvalue weighted by Crippen LogP contribution is 2.20. The number of hydrogen-bond acceptors (Lipinski definition) is 3. The van der Waals surface area contributed by atoms with Crippen molar-refractivity contribution in [2.45, 2.75) is 19.4 Å². The van der Waals surface area contributed by atoms with E-state index in [0.717, 1.165) is 23.0 Å². The Morgan fingerprint density at radius 1 is 1.40 bits per heavy atom. The van der Waals surface area contributed by atoms with Gasteiger partial charge in [0.2, 0.25) is 0 Å². The zero-order chi connectivity index (χ0) is 10.8. The van der Waals surface area contributed by atoms with Crippen LogP contribution in [-0.4, -0.2) is 16.0 Å². The van der Waals surface area contributed by atoms with Crippen LogP contribution in [0.15, 0.2) is 24.5 Å². The molecule has 0 fully saturated rings. The molecule has 3 nitrogen and oxygen atoms in total. The van der Waals surface area contributed by atoms with Crippen molar-refractivity contribution in [2.24, 2.45) is 5.73 Å². The highest BCUT2D eigenvalue weighted by Gasteiger charge is 2.06. The Hall–Kier alpha value is -1.19. The van der Waals surface area contributed by atoms with Gasteiger partial charge >= 0.3 is 0 Å². The number of nitrogens with two attached hydrogens (primary N) is 1. The third-order valence-electron chi connectivity index (χ3n) is 2.20. The summed E-state index contributed by atoms with van der Waals surface area (Å²) in [6.45, 7) is 1.96. The lowest BCUT2D eigenvalue weighted by atomic mass is 10.1. The Labute approximate surface area is 93.3 Å². The molecule has 2 aromatic rings. The molecule has 2 N–H and O–H groups in total. The molecule has 0 spiro atoms. The predicted molar refractivity (Wildman–Crippen MR) is 61.9 cm³/mol. The summed E-state index contributed by atoms with van der Waals surface area (Å²) in [5.74, 6) is 0. The average molecular weight is 222 g/mol. The minimum Gasteiger partial charge on any atom is -0.328 e. The maximum Gasteiger partial charge on any atom is 0.116 e. The van der Waals surface area contributed by atoms with Gasteiger partial charge in [0, 0.05) is 22.9 Å². The van der Waals surface area contributed by atoms with Crippen molar-refractivity contribution in [3.8, 4) is 0 Å². The standard InChI is InChI=1S/C11H12ClN3/c1-7(13)4-11-9-5-8(12)2-3-10(9)14-6-15-11/h2-3,5-7H,4,13H2,1H3. The van der Waals surface area contributed by atoms with Crippen molar-refractivity contribution in [3.63, 3.8) is 0 Å². The highest BCUT2D eigenvalue weighted by atomic mass is 35.5. The van der Waals surface area contributed by atoms with E-state index in [1.807, 2.05) is 25.1 Å². The molecule has 0 aliphatic heterocycles. The van der Waals surface area contributed by atoms with Crippen LogP contribution in [0.1, 0.15) is 12.6 Å². The van der Waals surface area contributed by atoms with E-state index in [2.05, 4.69) is 9.97 Å². The molecule has 0 aliphatic carbocycles. The summed E-state index contributed by atoms with van der Waals surface area (Å²) in [7, 11) is 0. The first-order valence-corrected chi connectivity index (χ1v) is 5.19. The second kappa shape index (κ2) is 4.13. The largest absolute Gasteiger partial charge is 0.328 e. The fourth-order valence-corrected chi connectivity index (χ4v) is 1.72. The minimum absolute atomic E-state index is 0.0853. The molecule has 2 rings (SSSR count). The number of fused-ring (bicyclic) bond motifs is 1. The molecule has 0 amide bonds. The summed E-state index contributed by atoms with van der Waals surface area (Å²) < 4.78 is 0. The minimum atomic E-state index is 0.0853. The van der Waals surface area contributed by atoms with Crippen LogP contribution >= 0.6 is 11.6 Å². The third kappa shape index (κ3) is 2.25. The average Bonchev–Trinajstić information content (AvgIpc) is 2.18. The van der Waals surface area contributed by atoms with Gasteiger partial charge in [-0.25, -0.2) is 9.97 Å². The number of benzene rings is 1. The Kier molecular flexibility index (Phi) is 2.84. The van der Waals surface area contributed by atoms with E-state index in [1.54, 1.807) is 6.33 Å². The molecule has 0 bridgehead atoms. The highest BCUT2D eigenvalue weighted by molar-refractivity contribution is 6.31. The van der Waals surface area contributed by atoms with Gasteiger partial charge in [0.15, 0.2) is 0 Å². The maximum absolute atomic E-state index is 5.94. The first-order chi connectivity index (χ1) is 7.16. The van der Waals surface area contributed by atoms with Crippen molar-refractivity contribution in [1.29, 1.82) is 0 Å². The molecule has 4 heteroatoms. The quantitative estimate of drug-likeness (QED) is 0.846. The first kappa shape index (κ1) is 10.3. The Morgan fingerprint density at radius 2 is 2.20 bits per heavy atom. The van der Waals surface area contributed by atoms with Gasteiger partial charge in [0.1, 0.15) is 6.33 Å². The van der Waals surface area contributed by atoms with Gasteiger partial charge in [-0.3, -0.25) is 0 Å². The topological polar surface area (TPSA) is 51.8 Å². The normalized spacial score (nSPS) is 13.0. The molecule has 0 saturated heterocycles. The van der Waals surface area contributed by atoms with Crippen LogP contribution in [0.2, 0.25) is 5.02 Å². The zero-order valence-corrected chi connectivity index (χ0v) is 9.20. The summed E-state index contributed by atoms with van der Waals surface area (Å²) >= 11 is 5.94. The van der Waals surface area contributed by atoms with Crippen LogP contribution in [0.5, 0.6) is 0 Å². The number of halogens is 1. The summed E-state index contributed by atoms with van der Waals surface area (Å²) in [5.41, 5.74) is 7.62. The smallest absolute Gasteiger partial charge is 0.116 e. The van der Waals surface area contributed by atoms with Gasteiger partial charge in [-0.1, -0.05) is 11.6 Å². The van der Waals surface area contributed by atoms with Crippen LogP contribution in [0.4, 0.5) is 0 Å². The van der Waals surface area contributed by atoms with Crippen molar-refractivity contribution in [2.75, 3.05) is 0 Å². The lowest BCUT2D eigenvalue weighted by Crippen LogP contribution is -2.18. The second-order valence-electron chi connectivity index (χ2n) is 3.66. The molecule has 1 aromatic heterocycles. The van der Waals surface area contributed by atoms with E-state index in [4.69, 9.17) is 17.3 Å². The zero-order valence-electron chi connectivity index (χ0n) is 8.44. The summed E-state index contributed by atoms with van der Waals surface area (Å²) in [4.78, 5) is 8.42. The fourth-order valence-electron chi connectivity index (χ4n) is 1.55. The number of nitrogens with zero attached hydrogens (tertiary/aromatic N) is 2. The Morgan fingerprint density at radius 3 is 2.93 bits per heavy atom. The molecule has 1 atom stereocenters. The van der Waals surface area contributed by atoms with Gasteiger partial charge < -0.3 is 5.73 Å². The molecule has 1 heterocycles. The second-order valence-corrected chi connectivity index (χ2v) is 4.10. The van der Waals surface area contributed by atoms with Crippen LogP contribution in [-0.2, 0) is 6.42 Å². The van der Waals surface area contributed by atoms with Gasteiger partial charge in [0.25, 0.3) is 0 Å². The molecular weight excluding hydrogens is 210 g/mol. The van der Waals surface area contributed by atoms with Crippen LogP contribution in [0, 0.1) is 0 Å². The molecule has 1 aromatic carbocycles. The lowest BCUT2D eigenvalue weighted by molar-refractivity contribution is 0.725. The number of aromatic nitrogens is 2. The van der Waals surface area contributed by atoms with Gasteiger partial charge in [-0.2, -0.15) is 0 Å². The van der Waals surface area contributed by atoms with E-state index in [1.165, 1.54) is 0 Å². The molecule has 0 radical (unpaired) electrons. The number of hydrogen-bond donors (Lipinski definition) is 1. The van der Waals surface area contributed by atoms with Crippen LogP contribution in [0.3, 0.4) is 0 Å². The molecule has 1 unspecified atom stereocenters. The van der Waals surface area contributed by atoms with E-state index < -0.39 is 0 Å². The maximum atomic E-state index is 5.94. The summed E-state index contributed by atoms with van der Waals surface area (Å²) in [6.07, 6.45) is 2.30. The Bertz CT molecular complexity index is 482. The summed E-state index contributed by atoms with van der Waals surface area (Å²) in [6, 6.07) is 5.69. The van der Waals surface area contributed by atoms with Crippen molar-refractivity contribution in [1.82, 2.24) is 9.97 Å². The molecule has 0 aliphatic rings. The van der Waals surface area contributed by atoms with Gasteiger partial charge in [-0.15, -0.1) is 0 Å². The van der Waals surface area contributed by atoms with E-state index in [-0.39, 0.29) is 6.04 Å². The summed E-state index contributed by atoms with van der Waals surface area (Å²) in [5, 5.41) is 1.69. The monoisotopic (exact) mass is 221 g/mol. The van der Waals surface area contributed by atoms with Gasteiger partial charge in [0.05, 0.1) is 11.2 Å². The molecule has 0 saturated carbocycles. The van der Waals surface area contributed by atoms with Crippen molar-refractivity contribution >= 4 is 22.5 Å². The molecule has 78 valence electrons. The predicted octanol–water partition coefficient (Wildman–Crippen LogP) is 2.17. The Balaban J connectivity index is 2.58. The van der Waals surface area contributed by atoms with Gasteiger partial charge in [-0.05, 0) is 25.1 Å². The first-order valence-electron chi connectivity index (χ1n) is 4.81. The third-order valence-corrected chi connectivity index (χ3v) is 2.43. The van der Waals surface area contributed by atoms with E-state index in [0.29, 0.717) is 5.02 Å². The van der Waals surface area contributed by atoms with Crippen LogP contribution < -0.4 is 5.73 Å². The van der Waals surface area contributed by atoms with Crippen molar-refractivity contribution in [3.05, 3.63) is 35.2 Å². The lowest BCUT2D eigenvalue weighted by Gasteiger charge is -2.07. The SMILES string of the molecule is CC(N)Cc1ncnc2ccc(Cl)cc12. The molecular formula is C11H12ClN3.